The first-order valence-electron chi connectivity index (χ1n) is 13.0. The summed E-state index contributed by atoms with van der Waals surface area (Å²) in [4.78, 5) is 53.4. The molecule has 0 fully saturated rings. The molecule has 0 aliphatic carbocycles. The van der Waals surface area contributed by atoms with Gasteiger partial charge in [-0.15, -0.1) is 0 Å². The SMILES string of the molecule is CCOc1ccc(NC(=O)Cn2c(=O)n(-c3ccc(C)cc3)c(=O)c3ccc(C(=O)NCc4ccco4)cc32)cc1. The summed E-state index contributed by atoms with van der Waals surface area (Å²) < 4.78 is 12.9. The van der Waals surface area contributed by atoms with Gasteiger partial charge in [0.05, 0.1) is 36.0 Å². The van der Waals surface area contributed by atoms with Gasteiger partial charge < -0.3 is 19.8 Å². The first kappa shape index (κ1) is 27.2. The van der Waals surface area contributed by atoms with E-state index in [1.807, 2.05) is 13.8 Å². The molecular weight excluding hydrogens is 524 g/mol. The van der Waals surface area contributed by atoms with Gasteiger partial charge in [0.1, 0.15) is 18.1 Å². The van der Waals surface area contributed by atoms with E-state index in [-0.39, 0.29) is 23.0 Å². The molecule has 0 spiro atoms. The first-order chi connectivity index (χ1) is 19.8. The predicted octanol–water partition coefficient (Wildman–Crippen LogP) is 4.02. The number of fused-ring (bicyclic) bond motifs is 1. The quantitative estimate of drug-likeness (QED) is 0.285. The zero-order valence-corrected chi connectivity index (χ0v) is 22.5. The van der Waals surface area contributed by atoms with Gasteiger partial charge in [0.25, 0.3) is 11.5 Å². The van der Waals surface area contributed by atoms with Gasteiger partial charge in [0.2, 0.25) is 5.91 Å². The highest BCUT2D eigenvalue weighted by atomic mass is 16.5. The maximum absolute atomic E-state index is 13.8. The molecule has 2 N–H and O–H groups in total. The van der Waals surface area contributed by atoms with E-state index >= 15 is 0 Å². The van der Waals surface area contributed by atoms with Crippen LogP contribution in [0.1, 0.15) is 28.6 Å². The van der Waals surface area contributed by atoms with Crippen LogP contribution in [0.3, 0.4) is 0 Å². The number of hydrogen-bond acceptors (Lipinski definition) is 6. The van der Waals surface area contributed by atoms with Gasteiger partial charge in [-0.2, -0.15) is 0 Å². The molecule has 2 heterocycles. The van der Waals surface area contributed by atoms with Crippen molar-refractivity contribution in [2.45, 2.75) is 26.9 Å². The summed E-state index contributed by atoms with van der Waals surface area (Å²) in [7, 11) is 0. The lowest BCUT2D eigenvalue weighted by atomic mass is 10.1. The summed E-state index contributed by atoms with van der Waals surface area (Å²) in [6.07, 6.45) is 1.51. The number of furan rings is 1. The fourth-order valence-corrected chi connectivity index (χ4v) is 4.41. The molecule has 41 heavy (non-hydrogen) atoms. The maximum atomic E-state index is 13.8. The van der Waals surface area contributed by atoms with Crippen LogP contribution in [0.15, 0.2) is 99.1 Å². The molecule has 0 saturated heterocycles. The van der Waals surface area contributed by atoms with Crippen molar-refractivity contribution in [3.8, 4) is 11.4 Å². The molecular formula is C31H28N4O6. The number of anilines is 1. The van der Waals surface area contributed by atoms with Crippen LogP contribution in [0, 0.1) is 6.92 Å². The maximum Gasteiger partial charge on any atom is 0.336 e. The van der Waals surface area contributed by atoms with Crippen molar-refractivity contribution in [3.63, 3.8) is 0 Å². The summed E-state index contributed by atoms with van der Waals surface area (Å²) in [5, 5.41) is 5.71. The Morgan fingerprint density at radius 1 is 0.951 bits per heavy atom. The highest BCUT2D eigenvalue weighted by molar-refractivity contribution is 5.98. The topological polar surface area (TPSA) is 125 Å². The van der Waals surface area contributed by atoms with Gasteiger partial charge in [0.15, 0.2) is 0 Å². The van der Waals surface area contributed by atoms with Crippen molar-refractivity contribution in [3.05, 3.63) is 123 Å². The highest BCUT2D eigenvalue weighted by Gasteiger charge is 2.19. The van der Waals surface area contributed by atoms with E-state index in [1.54, 1.807) is 60.7 Å². The monoisotopic (exact) mass is 552 g/mol. The third-order valence-electron chi connectivity index (χ3n) is 6.45. The van der Waals surface area contributed by atoms with E-state index in [9.17, 15) is 19.2 Å². The van der Waals surface area contributed by atoms with E-state index in [2.05, 4.69) is 10.6 Å². The third kappa shape index (κ3) is 5.96. The number of rotatable bonds is 9. The zero-order chi connectivity index (χ0) is 28.9. The molecule has 0 bridgehead atoms. The Morgan fingerprint density at radius 2 is 1.71 bits per heavy atom. The van der Waals surface area contributed by atoms with E-state index < -0.39 is 29.6 Å². The van der Waals surface area contributed by atoms with Gasteiger partial charge in [-0.05, 0) is 80.6 Å². The molecule has 2 amide bonds. The van der Waals surface area contributed by atoms with E-state index in [0.717, 1.165) is 10.1 Å². The minimum absolute atomic E-state index is 0.163. The lowest BCUT2D eigenvalue weighted by Gasteiger charge is -2.15. The molecule has 2 aromatic heterocycles. The minimum atomic E-state index is -0.707. The molecule has 0 saturated carbocycles. The molecule has 0 atom stereocenters. The van der Waals surface area contributed by atoms with Crippen molar-refractivity contribution in [1.82, 2.24) is 14.5 Å². The average Bonchev–Trinajstić information content (AvgIpc) is 3.50. The number of aryl methyl sites for hydroxylation is 1. The molecule has 0 unspecified atom stereocenters. The molecule has 5 aromatic rings. The van der Waals surface area contributed by atoms with Gasteiger partial charge >= 0.3 is 5.69 Å². The first-order valence-corrected chi connectivity index (χ1v) is 13.0. The van der Waals surface area contributed by atoms with Gasteiger partial charge in [-0.3, -0.25) is 19.0 Å². The van der Waals surface area contributed by atoms with Gasteiger partial charge in [-0.25, -0.2) is 9.36 Å². The fraction of sp³-hybridized carbons (Fsp3) is 0.161. The number of carbonyl (C=O) groups is 2. The number of carbonyl (C=O) groups excluding carboxylic acids is 2. The highest BCUT2D eigenvalue weighted by Crippen LogP contribution is 2.17. The van der Waals surface area contributed by atoms with Crippen LogP contribution in [-0.2, 0) is 17.9 Å². The predicted molar refractivity (Wildman–Crippen MR) is 155 cm³/mol. The molecule has 10 heteroatoms. The number of nitrogens with one attached hydrogen (secondary N) is 2. The molecule has 0 radical (unpaired) electrons. The van der Waals surface area contributed by atoms with Crippen LogP contribution >= 0.6 is 0 Å². The Labute approximate surface area is 234 Å². The number of benzene rings is 3. The average molecular weight is 553 g/mol. The van der Waals surface area contributed by atoms with Crippen molar-refractivity contribution in [2.24, 2.45) is 0 Å². The molecule has 5 rings (SSSR count). The lowest BCUT2D eigenvalue weighted by molar-refractivity contribution is -0.116. The molecule has 0 aliphatic rings. The molecule has 3 aromatic carbocycles. The smallest absolute Gasteiger partial charge is 0.336 e. The van der Waals surface area contributed by atoms with Crippen molar-refractivity contribution in [1.29, 1.82) is 0 Å². The third-order valence-corrected chi connectivity index (χ3v) is 6.45. The summed E-state index contributed by atoms with van der Waals surface area (Å²) >= 11 is 0. The Bertz CT molecular complexity index is 1820. The fourth-order valence-electron chi connectivity index (χ4n) is 4.41. The van der Waals surface area contributed by atoms with Crippen molar-refractivity contribution >= 4 is 28.4 Å². The lowest BCUT2D eigenvalue weighted by Crippen LogP contribution is -2.41. The summed E-state index contributed by atoms with van der Waals surface area (Å²) in [6.45, 7) is 4.06. The second-order valence-corrected chi connectivity index (χ2v) is 9.34. The van der Waals surface area contributed by atoms with Crippen LogP contribution in [0.4, 0.5) is 5.69 Å². The summed E-state index contributed by atoms with van der Waals surface area (Å²) in [5.41, 5.74) is 0.963. The standard InChI is InChI=1S/C31H28N4O6/c1-3-40-24-13-9-22(10-14-24)33-28(36)19-34-27-17-21(29(37)32-18-25-5-4-16-41-25)8-15-26(27)30(38)35(31(34)39)23-11-6-20(2)7-12-23/h4-17H,3,18-19H2,1-2H3,(H,32,37)(H,33,36). The number of hydrogen-bond donors (Lipinski definition) is 2. The summed E-state index contributed by atoms with van der Waals surface area (Å²) in [6, 6.07) is 21.7. The molecule has 208 valence electrons. The Morgan fingerprint density at radius 3 is 2.39 bits per heavy atom. The van der Waals surface area contributed by atoms with Crippen LogP contribution in [0.5, 0.6) is 5.75 Å². The number of amides is 2. The van der Waals surface area contributed by atoms with E-state index in [4.69, 9.17) is 9.15 Å². The van der Waals surface area contributed by atoms with Crippen LogP contribution in [0.25, 0.3) is 16.6 Å². The van der Waals surface area contributed by atoms with E-state index in [0.29, 0.717) is 29.5 Å². The zero-order valence-electron chi connectivity index (χ0n) is 22.5. The van der Waals surface area contributed by atoms with Gasteiger partial charge in [0, 0.05) is 11.3 Å². The number of aromatic nitrogens is 2. The second kappa shape index (κ2) is 11.8. The Hall–Kier alpha value is -5.38. The molecule has 10 nitrogen and oxygen atoms in total. The van der Waals surface area contributed by atoms with Gasteiger partial charge in [-0.1, -0.05) is 17.7 Å². The summed E-state index contributed by atoms with van der Waals surface area (Å²) in [5.74, 6) is 0.321. The van der Waals surface area contributed by atoms with Crippen molar-refractivity contribution < 1.29 is 18.7 Å². The molecule has 0 aliphatic heterocycles. The Balaban J connectivity index is 1.54. The normalized spacial score (nSPS) is 10.9. The number of nitrogens with zero attached hydrogens (tertiary/aromatic N) is 2. The van der Waals surface area contributed by atoms with Crippen LogP contribution < -0.4 is 26.6 Å². The largest absolute Gasteiger partial charge is 0.494 e. The van der Waals surface area contributed by atoms with Crippen molar-refractivity contribution in [2.75, 3.05) is 11.9 Å². The Kier molecular flexibility index (Phi) is 7.82. The van der Waals surface area contributed by atoms with E-state index in [1.165, 1.54) is 29.0 Å². The second-order valence-electron chi connectivity index (χ2n) is 9.34. The van der Waals surface area contributed by atoms with Crippen LogP contribution in [-0.4, -0.2) is 27.6 Å². The number of ether oxygens (including phenoxy) is 1. The minimum Gasteiger partial charge on any atom is -0.494 e. The van der Waals surface area contributed by atoms with Crippen LogP contribution in [0.2, 0.25) is 0 Å².